The van der Waals surface area contributed by atoms with Gasteiger partial charge in [0.15, 0.2) is 0 Å². The van der Waals surface area contributed by atoms with Crippen LogP contribution >= 0.6 is 0 Å². The lowest BCUT2D eigenvalue weighted by Gasteiger charge is -2.34. The molecule has 5 rings (SSSR count). The van der Waals surface area contributed by atoms with Crippen molar-refractivity contribution in [3.63, 3.8) is 0 Å². The Morgan fingerprint density at radius 3 is 2.14 bits per heavy atom. The van der Waals surface area contributed by atoms with Crippen molar-refractivity contribution >= 4 is 34.5 Å². The predicted molar refractivity (Wildman–Crippen MR) is 132 cm³/mol. The van der Waals surface area contributed by atoms with E-state index in [1.165, 1.54) is 23.2 Å². The van der Waals surface area contributed by atoms with Crippen LogP contribution in [0.1, 0.15) is 31.1 Å². The molecule has 0 aliphatic carbocycles. The normalized spacial score (nSPS) is 13.6. The molecule has 0 unspecified atom stereocenters. The van der Waals surface area contributed by atoms with E-state index in [-0.39, 0.29) is 30.1 Å². The summed E-state index contributed by atoms with van der Waals surface area (Å²) in [5, 5.41) is 9.68. The van der Waals surface area contributed by atoms with Crippen LogP contribution < -0.4 is 0 Å². The number of benzene rings is 2. The Morgan fingerprint density at radius 1 is 0.806 bits per heavy atom. The molecular formula is C27H22N4O5. The Labute approximate surface area is 206 Å². The van der Waals surface area contributed by atoms with Crippen LogP contribution in [-0.2, 0) is 4.79 Å². The molecule has 0 saturated carbocycles. The van der Waals surface area contributed by atoms with Crippen LogP contribution in [-0.4, -0.2) is 74.6 Å². The highest BCUT2D eigenvalue weighted by Gasteiger charge is 2.30. The van der Waals surface area contributed by atoms with Crippen LogP contribution in [0.15, 0.2) is 73.1 Å². The minimum atomic E-state index is -1.02. The van der Waals surface area contributed by atoms with Gasteiger partial charge in [-0.1, -0.05) is 30.3 Å². The van der Waals surface area contributed by atoms with Gasteiger partial charge in [0.2, 0.25) is 0 Å². The number of H-pyrrole nitrogens is 1. The summed E-state index contributed by atoms with van der Waals surface area (Å²) < 4.78 is 0. The van der Waals surface area contributed by atoms with E-state index in [9.17, 15) is 19.2 Å². The van der Waals surface area contributed by atoms with Crippen molar-refractivity contribution < 1.29 is 24.3 Å². The highest BCUT2D eigenvalue weighted by molar-refractivity contribution is 6.45. The molecule has 0 atom stereocenters. The van der Waals surface area contributed by atoms with E-state index in [1.54, 1.807) is 53.6 Å². The number of carboxylic acids is 1. The number of hydrogen-bond acceptors (Lipinski definition) is 5. The van der Waals surface area contributed by atoms with Crippen LogP contribution in [0.4, 0.5) is 0 Å². The lowest BCUT2D eigenvalue weighted by Crippen LogP contribution is -2.52. The summed E-state index contributed by atoms with van der Waals surface area (Å²) in [5.74, 6) is -2.37. The molecule has 3 heterocycles. The average molecular weight is 482 g/mol. The SMILES string of the molecule is O=C(O)c1ccc(-c2nccc3c(C(=O)C(=O)N4CCN(C(=O)c5ccccc5)CC4)c[nH]c23)cc1. The minimum absolute atomic E-state index is 0.0953. The molecule has 0 radical (unpaired) electrons. The fourth-order valence-corrected chi connectivity index (χ4v) is 4.37. The molecule has 180 valence electrons. The molecule has 2 N–H and O–H groups in total. The summed E-state index contributed by atoms with van der Waals surface area (Å²) in [5.41, 5.74) is 2.79. The number of Topliss-reactive ketones (excluding diaryl/α,β-unsaturated/α-hetero) is 1. The Bertz CT molecular complexity index is 1470. The summed E-state index contributed by atoms with van der Waals surface area (Å²) in [7, 11) is 0. The number of ketones is 1. The topological polar surface area (TPSA) is 124 Å². The number of nitrogens with one attached hydrogen (secondary N) is 1. The van der Waals surface area contributed by atoms with Gasteiger partial charge in [-0.15, -0.1) is 0 Å². The van der Waals surface area contributed by atoms with Gasteiger partial charge in [0.1, 0.15) is 0 Å². The zero-order chi connectivity index (χ0) is 25.2. The standard InChI is InChI=1S/C27H22N4O5/c32-24(26(34)31-14-12-30(13-15-31)25(33)18-4-2-1-3-5-18)21-16-29-23-20(21)10-11-28-22(23)17-6-8-19(9-7-17)27(35)36/h1-11,16,29H,12-15H2,(H,35,36). The molecule has 2 aromatic heterocycles. The van der Waals surface area contributed by atoms with Gasteiger partial charge in [-0.2, -0.15) is 0 Å². The van der Waals surface area contributed by atoms with Crippen LogP contribution in [0, 0.1) is 0 Å². The minimum Gasteiger partial charge on any atom is -0.478 e. The van der Waals surface area contributed by atoms with Gasteiger partial charge in [-0.25, -0.2) is 4.79 Å². The number of amides is 2. The number of carbonyl (C=O) groups excluding carboxylic acids is 3. The monoisotopic (exact) mass is 482 g/mol. The van der Waals surface area contributed by atoms with Crippen LogP contribution in [0.2, 0.25) is 0 Å². The Kier molecular flexibility index (Phi) is 6.03. The van der Waals surface area contributed by atoms with Crippen LogP contribution in [0.3, 0.4) is 0 Å². The number of piperazine rings is 1. The lowest BCUT2D eigenvalue weighted by atomic mass is 10.0. The van der Waals surface area contributed by atoms with E-state index in [4.69, 9.17) is 5.11 Å². The predicted octanol–water partition coefficient (Wildman–Crippen LogP) is 3.10. The van der Waals surface area contributed by atoms with E-state index in [1.807, 2.05) is 6.07 Å². The third-order valence-corrected chi connectivity index (χ3v) is 6.32. The highest BCUT2D eigenvalue weighted by Crippen LogP contribution is 2.28. The number of pyridine rings is 1. The average Bonchev–Trinajstić information content (AvgIpc) is 3.37. The number of aromatic carboxylic acids is 1. The summed E-state index contributed by atoms with van der Waals surface area (Å²) >= 11 is 0. The Morgan fingerprint density at radius 2 is 1.47 bits per heavy atom. The van der Waals surface area contributed by atoms with Crippen LogP contribution in [0.5, 0.6) is 0 Å². The molecule has 36 heavy (non-hydrogen) atoms. The lowest BCUT2D eigenvalue weighted by molar-refractivity contribution is -0.127. The van der Waals surface area contributed by atoms with E-state index >= 15 is 0 Å². The van der Waals surface area contributed by atoms with Crippen molar-refractivity contribution in [2.45, 2.75) is 0 Å². The third kappa shape index (κ3) is 4.22. The van der Waals surface area contributed by atoms with E-state index < -0.39 is 17.7 Å². The third-order valence-electron chi connectivity index (χ3n) is 6.32. The van der Waals surface area contributed by atoms with Gasteiger partial charge in [0.05, 0.1) is 22.3 Å². The second kappa shape index (κ2) is 9.46. The summed E-state index contributed by atoms with van der Waals surface area (Å²) in [6.45, 7) is 1.24. The first-order valence-corrected chi connectivity index (χ1v) is 11.4. The van der Waals surface area contributed by atoms with Gasteiger partial charge in [0.25, 0.3) is 17.6 Å². The zero-order valence-corrected chi connectivity index (χ0v) is 19.2. The van der Waals surface area contributed by atoms with Crippen LogP contribution in [0.25, 0.3) is 22.2 Å². The highest BCUT2D eigenvalue weighted by atomic mass is 16.4. The van der Waals surface area contributed by atoms with Crippen molar-refractivity contribution in [1.29, 1.82) is 0 Å². The van der Waals surface area contributed by atoms with E-state index in [0.717, 1.165) is 0 Å². The Hall–Kier alpha value is -4.79. The largest absolute Gasteiger partial charge is 0.478 e. The van der Waals surface area contributed by atoms with Gasteiger partial charge in [0, 0.05) is 55.1 Å². The maximum atomic E-state index is 13.1. The second-order valence-electron chi connectivity index (χ2n) is 8.45. The molecule has 1 saturated heterocycles. The van der Waals surface area contributed by atoms with Crippen molar-refractivity contribution in [2.75, 3.05) is 26.2 Å². The molecule has 0 bridgehead atoms. The summed E-state index contributed by atoms with van der Waals surface area (Å²) in [6.07, 6.45) is 3.04. The second-order valence-corrected chi connectivity index (χ2v) is 8.45. The number of carbonyl (C=O) groups is 4. The van der Waals surface area contributed by atoms with Gasteiger partial charge >= 0.3 is 5.97 Å². The molecule has 9 heteroatoms. The Balaban J connectivity index is 1.32. The number of aromatic amines is 1. The van der Waals surface area contributed by atoms with Crippen molar-refractivity contribution in [3.05, 3.63) is 89.7 Å². The first-order valence-electron chi connectivity index (χ1n) is 11.4. The molecule has 9 nitrogen and oxygen atoms in total. The molecule has 0 spiro atoms. The number of fused-ring (bicyclic) bond motifs is 1. The molecular weight excluding hydrogens is 460 g/mol. The van der Waals surface area contributed by atoms with Gasteiger partial charge in [-0.05, 0) is 30.3 Å². The van der Waals surface area contributed by atoms with Gasteiger partial charge in [-0.3, -0.25) is 19.4 Å². The van der Waals surface area contributed by atoms with Crippen molar-refractivity contribution in [3.8, 4) is 11.3 Å². The maximum absolute atomic E-state index is 13.1. The zero-order valence-electron chi connectivity index (χ0n) is 19.2. The van der Waals surface area contributed by atoms with Crippen molar-refractivity contribution in [1.82, 2.24) is 19.8 Å². The number of hydrogen-bond donors (Lipinski definition) is 2. The molecule has 1 aliphatic rings. The molecule has 1 fully saturated rings. The molecule has 4 aromatic rings. The van der Waals surface area contributed by atoms with E-state index in [0.29, 0.717) is 40.8 Å². The summed E-state index contributed by atoms with van der Waals surface area (Å²) in [6, 6.07) is 16.9. The van der Waals surface area contributed by atoms with Crippen molar-refractivity contribution in [2.24, 2.45) is 0 Å². The number of aromatic nitrogens is 2. The first-order chi connectivity index (χ1) is 17.4. The fraction of sp³-hybridized carbons (Fsp3) is 0.148. The number of carboxylic acid groups (broad SMARTS) is 1. The molecule has 2 amide bonds. The maximum Gasteiger partial charge on any atom is 0.335 e. The fourth-order valence-electron chi connectivity index (χ4n) is 4.37. The summed E-state index contributed by atoms with van der Waals surface area (Å²) in [4.78, 5) is 60.6. The number of rotatable bonds is 5. The first kappa shape index (κ1) is 23.0. The van der Waals surface area contributed by atoms with Gasteiger partial charge < -0.3 is 19.9 Å². The van der Waals surface area contributed by atoms with E-state index in [2.05, 4.69) is 9.97 Å². The molecule has 2 aromatic carbocycles. The quantitative estimate of drug-likeness (QED) is 0.333. The number of nitrogens with zero attached hydrogens (tertiary/aromatic N) is 3. The molecule has 1 aliphatic heterocycles. The smallest absolute Gasteiger partial charge is 0.335 e.